The topological polar surface area (TPSA) is 0 Å². The summed E-state index contributed by atoms with van der Waals surface area (Å²) >= 11 is 13.7. The van der Waals surface area contributed by atoms with Crippen LogP contribution in [-0.2, 0) is 0 Å². The summed E-state index contributed by atoms with van der Waals surface area (Å²) in [6.07, 6.45) is 1.10. The SMILES string of the molecule is CCC(Br)C(CBr)=C(Br)Br. The van der Waals surface area contributed by atoms with Crippen molar-refractivity contribution < 1.29 is 0 Å². The van der Waals surface area contributed by atoms with Gasteiger partial charge in [0, 0.05) is 10.2 Å². The number of hydrogen-bond acceptors (Lipinski definition) is 0. The lowest BCUT2D eigenvalue weighted by Gasteiger charge is -2.09. The number of alkyl halides is 2. The Morgan fingerprint density at radius 2 is 1.90 bits per heavy atom. The number of hydrogen-bond donors (Lipinski definition) is 0. The first kappa shape index (κ1) is 11.7. The van der Waals surface area contributed by atoms with Crippen LogP contribution >= 0.6 is 63.7 Å². The molecule has 1 atom stereocenters. The van der Waals surface area contributed by atoms with Gasteiger partial charge in [-0.3, -0.25) is 0 Å². The molecule has 60 valence electrons. The van der Waals surface area contributed by atoms with Gasteiger partial charge in [0.2, 0.25) is 0 Å². The third-order valence-electron chi connectivity index (χ3n) is 1.12. The molecule has 0 radical (unpaired) electrons. The second kappa shape index (κ2) is 6.21. The minimum atomic E-state index is 0.459. The van der Waals surface area contributed by atoms with Gasteiger partial charge in [-0.1, -0.05) is 38.8 Å². The first-order valence-electron chi connectivity index (χ1n) is 2.87. The summed E-state index contributed by atoms with van der Waals surface area (Å²) in [5.74, 6) is 0. The zero-order chi connectivity index (χ0) is 8.15. The van der Waals surface area contributed by atoms with Crippen LogP contribution in [-0.4, -0.2) is 10.2 Å². The highest BCUT2D eigenvalue weighted by Gasteiger charge is 2.09. The molecule has 1 unspecified atom stereocenters. The van der Waals surface area contributed by atoms with Gasteiger partial charge < -0.3 is 0 Å². The molecule has 0 spiro atoms. The average molecular weight is 400 g/mol. The summed E-state index contributed by atoms with van der Waals surface area (Å²) in [4.78, 5) is 0.459. The molecule has 4 heteroatoms. The minimum Gasteiger partial charge on any atom is -0.0879 e. The predicted molar refractivity (Wildman–Crippen MR) is 61.7 cm³/mol. The van der Waals surface area contributed by atoms with Crippen molar-refractivity contribution in [3.05, 3.63) is 8.96 Å². The quantitative estimate of drug-likeness (QED) is 0.611. The molecule has 0 heterocycles. The van der Waals surface area contributed by atoms with Crippen LogP contribution in [0.3, 0.4) is 0 Å². The molecule has 0 nitrogen and oxygen atoms in total. The second-order valence-electron chi connectivity index (χ2n) is 1.80. The lowest BCUT2D eigenvalue weighted by molar-refractivity contribution is 0.946. The molecule has 0 aliphatic heterocycles. The largest absolute Gasteiger partial charge is 0.0879 e. The van der Waals surface area contributed by atoms with Gasteiger partial charge in [-0.2, -0.15) is 0 Å². The molecule has 0 amide bonds. The van der Waals surface area contributed by atoms with E-state index in [0.717, 1.165) is 15.1 Å². The van der Waals surface area contributed by atoms with E-state index in [-0.39, 0.29) is 0 Å². The lowest BCUT2D eigenvalue weighted by Crippen LogP contribution is -2.01. The Kier molecular flexibility index (Phi) is 7.24. The Balaban J connectivity index is 4.21. The first-order chi connectivity index (χ1) is 4.63. The Morgan fingerprint density at radius 3 is 2.00 bits per heavy atom. The maximum Gasteiger partial charge on any atom is 0.0615 e. The highest BCUT2D eigenvalue weighted by Crippen LogP contribution is 2.28. The predicted octanol–water partition coefficient (Wildman–Crippen LogP) is 4.56. The van der Waals surface area contributed by atoms with Gasteiger partial charge in [0.25, 0.3) is 0 Å². The molecule has 0 bridgehead atoms. The van der Waals surface area contributed by atoms with Gasteiger partial charge in [-0.15, -0.1) is 0 Å². The molecule has 0 aliphatic rings. The minimum absolute atomic E-state index is 0.459. The summed E-state index contributed by atoms with van der Waals surface area (Å²) in [6.45, 7) is 2.14. The Morgan fingerprint density at radius 1 is 1.40 bits per heavy atom. The molecule has 0 saturated carbocycles. The van der Waals surface area contributed by atoms with E-state index in [9.17, 15) is 0 Å². The van der Waals surface area contributed by atoms with Crippen LogP contribution in [0.2, 0.25) is 0 Å². The van der Waals surface area contributed by atoms with Crippen molar-refractivity contribution in [3.63, 3.8) is 0 Å². The van der Waals surface area contributed by atoms with E-state index >= 15 is 0 Å². The van der Waals surface area contributed by atoms with E-state index in [4.69, 9.17) is 0 Å². The smallest absolute Gasteiger partial charge is 0.0615 e. The maximum absolute atomic E-state index is 3.56. The van der Waals surface area contributed by atoms with Gasteiger partial charge in [0.1, 0.15) is 0 Å². The summed E-state index contributed by atoms with van der Waals surface area (Å²) in [5.41, 5.74) is 1.31. The van der Waals surface area contributed by atoms with Crippen LogP contribution < -0.4 is 0 Å². The highest BCUT2D eigenvalue weighted by atomic mass is 79.9. The average Bonchev–Trinajstić information content (AvgIpc) is 1.88. The molecule has 0 aromatic carbocycles. The molecular formula is C6H8Br4. The molecule has 0 fully saturated rings. The van der Waals surface area contributed by atoms with Crippen LogP contribution in [0.25, 0.3) is 0 Å². The molecule has 0 aliphatic carbocycles. The van der Waals surface area contributed by atoms with Crippen LogP contribution in [0.4, 0.5) is 0 Å². The third kappa shape index (κ3) is 3.88. The summed E-state index contributed by atoms with van der Waals surface area (Å²) < 4.78 is 1.04. The van der Waals surface area contributed by atoms with E-state index in [0.29, 0.717) is 4.83 Å². The summed E-state index contributed by atoms with van der Waals surface area (Å²) in [6, 6.07) is 0. The second-order valence-corrected chi connectivity index (χ2v) is 6.11. The van der Waals surface area contributed by atoms with Crippen molar-refractivity contribution in [2.45, 2.75) is 18.2 Å². The van der Waals surface area contributed by atoms with Gasteiger partial charge in [-0.05, 0) is 43.9 Å². The molecular weight excluding hydrogens is 392 g/mol. The van der Waals surface area contributed by atoms with E-state index < -0.39 is 0 Å². The zero-order valence-corrected chi connectivity index (χ0v) is 11.8. The molecule has 10 heavy (non-hydrogen) atoms. The zero-order valence-electron chi connectivity index (χ0n) is 5.50. The van der Waals surface area contributed by atoms with Crippen LogP contribution in [0.1, 0.15) is 13.3 Å². The fourth-order valence-corrected chi connectivity index (χ4v) is 4.20. The monoisotopic (exact) mass is 396 g/mol. The van der Waals surface area contributed by atoms with Crippen LogP contribution in [0, 0.1) is 0 Å². The van der Waals surface area contributed by atoms with Gasteiger partial charge in [0.15, 0.2) is 0 Å². The maximum atomic E-state index is 3.56. The number of rotatable bonds is 3. The van der Waals surface area contributed by atoms with Gasteiger partial charge in [-0.25, -0.2) is 0 Å². The normalized spacial score (nSPS) is 12.9. The first-order valence-corrected chi connectivity index (χ1v) is 6.49. The van der Waals surface area contributed by atoms with E-state index in [1.54, 1.807) is 0 Å². The molecule has 0 saturated heterocycles. The molecule has 0 aromatic heterocycles. The van der Waals surface area contributed by atoms with E-state index in [2.05, 4.69) is 70.6 Å². The molecule has 0 aromatic rings. The fourth-order valence-electron chi connectivity index (χ4n) is 0.499. The highest BCUT2D eigenvalue weighted by molar-refractivity contribution is 9.28. The van der Waals surface area contributed by atoms with Crippen molar-refractivity contribution in [2.24, 2.45) is 0 Å². The number of allylic oxidation sites excluding steroid dienone is 1. The molecule has 0 rings (SSSR count). The van der Waals surface area contributed by atoms with Crippen molar-refractivity contribution in [1.82, 2.24) is 0 Å². The summed E-state index contributed by atoms with van der Waals surface area (Å²) in [5, 5.41) is 0.891. The summed E-state index contributed by atoms with van der Waals surface area (Å²) in [7, 11) is 0. The van der Waals surface area contributed by atoms with Crippen molar-refractivity contribution in [3.8, 4) is 0 Å². The standard InChI is InChI=1S/C6H8Br4/c1-2-5(8)4(3-7)6(9)10/h5H,2-3H2,1H3. The third-order valence-corrected chi connectivity index (χ3v) is 3.95. The van der Waals surface area contributed by atoms with Crippen molar-refractivity contribution >= 4 is 63.7 Å². The van der Waals surface area contributed by atoms with Crippen molar-refractivity contribution in [2.75, 3.05) is 5.33 Å². The van der Waals surface area contributed by atoms with Crippen LogP contribution in [0.15, 0.2) is 8.96 Å². The van der Waals surface area contributed by atoms with E-state index in [1.807, 2.05) is 0 Å². The van der Waals surface area contributed by atoms with Crippen molar-refractivity contribution in [1.29, 1.82) is 0 Å². The van der Waals surface area contributed by atoms with Gasteiger partial charge >= 0.3 is 0 Å². The number of halogens is 4. The Labute approximate surface area is 95.3 Å². The van der Waals surface area contributed by atoms with E-state index in [1.165, 1.54) is 5.57 Å². The fraction of sp³-hybridized carbons (Fsp3) is 0.667. The lowest BCUT2D eigenvalue weighted by atomic mass is 10.2. The van der Waals surface area contributed by atoms with Crippen LogP contribution in [0.5, 0.6) is 0 Å². The Hall–Kier alpha value is 1.66. The van der Waals surface area contributed by atoms with Gasteiger partial charge in [0.05, 0.1) is 3.39 Å². The molecule has 0 N–H and O–H groups in total. The Bertz CT molecular complexity index is 126.